The maximum Gasteiger partial charge on any atom is 0.338 e. The van der Waals surface area contributed by atoms with E-state index in [1.54, 1.807) is 66.9 Å². The number of allylic oxidation sites excluding steroid dienone is 4. The number of hydrogen-bond donors (Lipinski definition) is 0. The second-order valence-electron chi connectivity index (χ2n) is 18.9. The Labute approximate surface area is 426 Å². The number of ketones is 1. The minimum atomic E-state index is -1.33. The Morgan fingerprint density at radius 3 is 1.78 bits per heavy atom. The largest absolute Gasteiger partial charge is 0.493 e. The number of hydrogen-bond acceptors (Lipinski definition) is 17. The fraction of sp³-hybridized carbons (Fsp3) is 0.636. The molecule has 3 heterocycles. The van der Waals surface area contributed by atoms with Crippen LogP contribution in [0.3, 0.4) is 0 Å². The van der Waals surface area contributed by atoms with Gasteiger partial charge in [-0.15, -0.1) is 0 Å². The first-order valence-electron chi connectivity index (χ1n) is 24.7. The lowest BCUT2D eigenvalue weighted by Crippen LogP contribution is -2.55. The summed E-state index contributed by atoms with van der Waals surface area (Å²) < 4.78 is 92.4. The van der Waals surface area contributed by atoms with Crippen LogP contribution in [0, 0.1) is 35.5 Å². The van der Waals surface area contributed by atoms with Crippen molar-refractivity contribution >= 4 is 11.8 Å². The molecule has 0 N–H and O–H groups in total. The molecule has 0 aliphatic carbocycles. The summed E-state index contributed by atoms with van der Waals surface area (Å²) in [6.07, 6.45) is 0.368. The SMILES string of the molecule is C/C=C\[C@H](C)/C=C(\C)[C@@H](OCOC)[C@H]1COC(=O)[C@H](OCOC)[C@H]2O[C@@H](c3ccc(OC)c(OC)c3)O[C@H]([C@H]2C)[C@@H](C)[C@@H](OCOC)C(C)=C[C@@H](C)C(=O)C[C@@H]2O[C@H](c3ccc(OC)c(OC)c3)O[C@H]1[C@H]2C. The van der Waals surface area contributed by atoms with Crippen molar-refractivity contribution in [2.45, 2.75) is 117 Å². The summed E-state index contributed by atoms with van der Waals surface area (Å²) in [4.78, 5) is 29.8. The summed E-state index contributed by atoms with van der Waals surface area (Å²) in [5.41, 5.74) is 2.85. The van der Waals surface area contributed by atoms with E-state index >= 15 is 4.79 Å². The van der Waals surface area contributed by atoms with Crippen molar-refractivity contribution in [2.24, 2.45) is 35.5 Å². The summed E-state index contributed by atoms with van der Waals surface area (Å²) in [6, 6.07) is 10.7. The molecule has 2 fully saturated rings. The summed E-state index contributed by atoms with van der Waals surface area (Å²) >= 11 is 0. The molecule has 3 aliphatic heterocycles. The van der Waals surface area contributed by atoms with E-state index in [9.17, 15) is 4.79 Å². The van der Waals surface area contributed by atoms with Crippen LogP contribution >= 0.6 is 0 Å². The number of rotatable bonds is 19. The fourth-order valence-corrected chi connectivity index (χ4v) is 10.2. The predicted octanol–water partition coefficient (Wildman–Crippen LogP) is 8.74. The number of carbonyl (C=O) groups is 2. The van der Waals surface area contributed by atoms with Crippen LogP contribution in [0.2, 0.25) is 0 Å². The van der Waals surface area contributed by atoms with E-state index in [-0.39, 0.29) is 45.1 Å². The monoisotopic (exact) mass is 1010 g/mol. The van der Waals surface area contributed by atoms with Crippen molar-refractivity contribution in [3.05, 3.63) is 83.0 Å². The van der Waals surface area contributed by atoms with Gasteiger partial charge in [-0.2, -0.15) is 0 Å². The summed E-state index contributed by atoms with van der Waals surface area (Å²) in [6.45, 7) is 15.1. The molecule has 0 saturated carbocycles. The molecule has 402 valence electrons. The van der Waals surface area contributed by atoms with Gasteiger partial charge in [0.2, 0.25) is 0 Å². The highest BCUT2D eigenvalue weighted by Crippen LogP contribution is 2.45. The molecule has 2 aromatic carbocycles. The second-order valence-corrected chi connectivity index (χ2v) is 18.9. The van der Waals surface area contributed by atoms with Gasteiger partial charge in [0.05, 0.1) is 71.5 Å². The number of Topliss-reactive ketones (excluding diaryl/α,β-unsaturated/α-hetero) is 1. The Kier molecular flexibility index (Phi) is 23.0. The zero-order chi connectivity index (χ0) is 52.6. The number of ether oxygens (including phenoxy) is 15. The Balaban J connectivity index is 1.74. The van der Waals surface area contributed by atoms with Crippen LogP contribution in [-0.4, -0.2) is 131 Å². The highest BCUT2D eigenvalue weighted by Gasteiger charge is 2.50. The molecule has 0 aromatic heterocycles. The molecule has 0 radical (unpaired) electrons. The number of carbonyl (C=O) groups excluding carboxylic acids is 2. The molecular formula is C55H80O17. The maximum atomic E-state index is 15.2. The van der Waals surface area contributed by atoms with Gasteiger partial charge in [-0.3, -0.25) is 4.79 Å². The number of cyclic esters (lactones) is 1. The smallest absolute Gasteiger partial charge is 0.338 e. The third-order valence-electron chi connectivity index (χ3n) is 13.8. The van der Waals surface area contributed by atoms with Crippen molar-refractivity contribution < 1.29 is 80.6 Å². The van der Waals surface area contributed by atoms with E-state index in [0.29, 0.717) is 34.1 Å². The standard InChI is InChI=1S/C55H80O17/c1-16-17-31(2)22-33(4)48(67-29-59-10)40-27-65-53(57)52(68-30-60-11)51-37(8)49(70-55(72-51)39-19-21-43(62-13)46(25-39)64-15)36(7)47(66-28-58-9)34(5)23-32(3)41(56)26-44-35(6)50(40)71-54(69-44)38-18-20-42(61-12)45(24-38)63-14/h16-25,31-32,35-37,40,44,47-52,54-55H,26-30H2,1-15H3/b17-16-,33-22+,34-23?/t31-,32+,35-,36-,37+,40+,44-,47-,48+,49-,50-,51-,52+,54-,55-/m0/s1. The van der Waals surface area contributed by atoms with Gasteiger partial charge in [-0.25, -0.2) is 4.79 Å². The Morgan fingerprint density at radius 2 is 1.22 bits per heavy atom. The van der Waals surface area contributed by atoms with Crippen molar-refractivity contribution in [2.75, 3.05) is 76.8 Å². The Hall–Kier alpha value is -4.40. The van der Waals surface area contributed by atoms with Crippen LogP contribution in [0.4, 0.5) is 0 Å². The van der Waals surface area contributed by atoms with Gasteiger partial charge in [0.1, 0.15) is 32.3 Å². The number of fused-ring (bicyclic) bond motifs is 4. The lowest BCUT2D eigenvalue weighted by atomic mass is 9.79. The van der Waals surface area contributed by atoms with Crippen molar-refractivity contribution in [1.82, 2.24) is 0 Å². The minimum Gasteiger partial charge on any atom is -0.493 e. The van der Waals surface area contributed by atoms with Crippen LogP contribution in [-0.2, 0) is 61.7 Å². The van der Waals surface area contributed by atoms with Crippen LogP contribution in [0.5, 0.6) is 23.0 Å². The van der Waals surface area contributed by atoms with Gasteiger partial charge in [-0.05, 0) is 62.1 Å². The first-order valence-corrected chi connectivity index (χ1v) is 24.7. The normalized spacial score (nSPS) is 30.9. The minimum absolute atomic E-state index is 0.0220. The lowest BCUT2D eigenvalue weighted by Gasteiger charge is -2.47. The zero-order valence-electron chi connectivity index (χ0n) is 44.9. The average Bonchev–Trinajstić information content (AvgIpc) is 3.37. The Morgan fingerprint density at radius 1 is 0.681 bits per heavy atom. The second kappa shape index (κ2) is 28.3. The molecule has 5 rings (SSSR count). The number of methoxy groups -OCH3 is 7. The highest BCUT2D eigenvalue weighted by molar-refractivity contribution is 5.83. The van der Waals surface area contributed by atoms with Gasteiger partial charge in [0.25, 0.3) is 0 Å². The van der Waals surface area contributed by atoms with Crippen molar-refractivity contribution in [3.8, 4) is 23.0 Å². The van der Waals surface area contributed by atoms with Gasteiger partial charge in [0.15, 0.2) is 41.7 Å². The third kappa shape index (κ3) is 14.5. The molecule has 2 saturated heterocycles. The molecule has 0 unspecified atom stereocenters. The predicted molar refractivity (Wildman–Crippen MR) is 267 cm³/mol. The molecule has 17 heteroatoms. The molecule has 17 nitrogen and oxygen atoms in total. The van der Waals surface area contributed by atoms with Crippen LogP contribution in [0.15, 0.2) is 71.8 Å². The first kappa shape index (κ1) is 58.5. The highest BCUT2D eigenvalue weighted by atomic mass is 16.7. The van der Waals surface area contributed by atoms with E-state index < -0.39 is 90.9 Å². The molecule has 0 amide bonds. The van der Waals surface area contributed by atoms with E-state index in [4.69, 9.17) is 71.1 Å². The average molecular weight is 1010 g/mol. The number of esters is 1. The van der Waals surface area contributed by atoms with Crippen LogP contribution < -0.4 is 18.9 Å². The molecule has 3 aliphatic rings. The molecule has 2 aromatic rings. The van der Waals surface area contributed by atoms with Crippen molar-refractivity contribution in [1.29, 1.82) is 0 Å². The molecule has 15 atom stereocenters. The summed E-state index contributed by atoms with van der Waals surface area (Å²) in [7, 11) is 10.8. The molecule has 0 spiro atoms. The third-order valence-corrected chi connectivity index (χ3v) is 13.8. The zero-order valence-corrected chi connectivity index (χ0v) is 44.9. The summed E-state index contributed by atoms with van der Waals surface area (Å²) in [5, 5.41) is 0. The quantitative estimate of drug-likeness (QED) is 0.0742. The summed E-state index contributed by atoms with van der Waals surface area (Å²) in [5.74, 6) is -1.49. The van der Waals surface area contributed by atoms with E-state index in [2.05, 4.69) is 19.1 Å². The molecular weight excluding hydrogens is 933 g/mol. The first-order chi connectivity index (χ1) is 34.6. The Bertz CT molecular complexity index is 2120. The number of benzene rings is 2. The lowest BCUT2D eigenvalue weighted by molar-refractivity contribution is -0.308. The van der Waals surface area contributed by atoms with Gasteiger partial charge in [0, 0.05) is 62.5 Å². The fourth-order valence-electron chi connectivity index (χ4n) is 10.2. The van der Waals surface area contributed by atoms with Crippen LogP contribution in [0.1, 0.15) is 85.5 Å². The van der Waals surface area contributed by atoms with E-state index in [1.807, 2.05) is 72.8 Å². The van der Waals surface area contributed by atoms with Crippen LogP contribution in [0.25, 0.3) is 0 Å². The maximum absolute atomic E-state index is 15.2. The van der Waals surface area contributed by atoms with Gasteiger partial charge >= 0.3 is 5.97 Å². The van der Waals surface area contributed by atoms with E-state index in [0.717, 1.165) is 11.1 Å². The van der Waals surface area contributed by atoms with E-state index in [1.165, 1.54) is 7.11 Å². The van der Waals surface area contributed by atoms with Crippen molar-refractivity contribution in [3.63, 3.8) is 0 Å². The van der Waals surface area contributed by atoms with Gasteiger partial charge < -0.3 is 71.1 Å². The molecule has 4 bridgehead atoms. The topological polar surface area (TPSA) is 173 Å². The molecule has 72 heavy (non-hydrogen) atoms. The van der Waals surface area contributed by atoms with Gasteiger partial charge in [-0.1, -0.05) is 71.1 Å².